The van der Waals surface area contributed by atoms with Gasteiger partial charge in [-0.25, -0.2) is 0 Å². The molecule has 1 aromatic carbocycles. The Morgan fingerprint density at radius 3 is 2.59 bits per heavy atom. The summed E-state index contributed by atoms with van der Waals surface area (Å²) >= 11 is 0. The molecule has 17 heavy (non-hydrogen) atoms. The maximum absolute atomic E-state index is 11.5. The lowest BCUT2D eigenvalue weighted by Crippen LogP contribution is -1.96. The molecule has 0 saturated heterocycles. The van der Waals surface area contributed by atoms with Gasteiger partial charge >= 0.3 is 0 Å². The summed E-state index contributed by atoms with van der Waals surface area (Å²) in [6.07, 6.45) is 0.646. The molecule has 0 bridgehead atoms. The van der Waals surface area contributed by atoms with E-state index in [0.717, 1.165) is 11.1 Å². The first-order valence-corrected chi connectivity index (χ1v) is 5.29. The number of carbonyl (C=O) groups excluding carboxylic acids is 2. The second kappa shape index (κ2) is 4.37. The van der Waals surface area contributed by atoms with Crippen molar-refractivity contribution in [3.05, 3.63) is 47.2 Å². The molecule has 0 atom stereocenters. The van der Waals surface area contributed by atoms with Crippen LogP contribution in [0.2, 0.25) is 0 Å². The number of hydrogen-bond acceptors (Lipinski definition) is 3. The Bertz CT molecular complexity index is 579. The highest BCUT2D eigenvalue weighted by atomic mass is 16.3. The summed E-state index contributed by atoms with van der Waals surface area (Å²) in [4.78, 5) is 22.1. The molecule has 2 rings (SSSR count). The largest absolute Gasteiger partial charge is 0.453 e. The van der Waals surface area contributed by atoms with E-state index in [1.54, 1.807) is 18.2 Å². The van der Waals surface area contributed by atoms with Gasteiger partial charge < -0.3 is 4.42 Å². The number of rotatable bonds is 3. The monoisotopic (exact) mass is 228 g/mol. The van der Waals surface area contributed by atoms with Gasteiger partial charge in [0.15, 0.2) is 17.8 Å². The Balaban J connectivity index is 2.60. The first kappa shape index (κ1) is 11.3. The van der Waals surface area contributed by atoms with E-state index in [4.69, 9.17) is 4.42 Å². The molecule has 1 heterocycles. The minimum atomic E-state index is -0.0240. The van der Waals surface area contributed by atoms with Gasteiger partial charge in [0, 0.05) is 11.1 Å². The Labute approximate surface area is 99.1 Å². The molecule has 0 fully saturated rings. The molecule has 1 aromatic heterocycles. The van der Waals surface area contributed by atoms with Crippen LogP contribution in [0, 0.1) is 6.92 Å². The number of aryl methyl sites for hydroxylation is 1. The third kappa shape index (κ3) is 2.18. The second-order valence-electron chi connectivity index (χ2n) is 3.93. The molecular formula is C14H12O3. The predicted octanol–water partition coefficient (Wildman–Crippen LogP) is 3.27. The molecule has 2 aromatic rings. The summed E-state index contributed by atoms with van der Waals surface area (Å²) in [6.45, 7) is 3.45. The van der Waals surface area contributed by atoms with E-state index in [9.17, 15) is 9.59 Å². The third-order valence-corrected chi connectivity index (χ3v) is 2.56. The van der Waals surface area contributed by atoms with E-state index < -0.39 is 0 Å². The minimum absolute atomic E-state index is 0.0240. The molecular weight excluding hydrogens is 216 g/mol. The van der Waals surface area contributed by atoms with Crippen molar-refractivity contribution in [1.29, 1.82) is 0 Å². The van der Waals surface area contributed by atoms with Crippen LogP contribution in [0.25, 0.3) is 11.3 Å². The van der Waals surface area contributed by atoms with E-state index in [0.29, 0.717) is 17.6 Å². The van der Waals surface area contributed by atoms with Gasteiger partial charge in [0.25, 0.3) is 0 Å². The zero-order valence-electron chi connectivity index (χ0n) is 9.69. The molecule has 0 aliphatic carbocycles. The molecule has 0 amide bonds. The smallest absolute Gasteiger partial charge is 0.185 e. The SMILES string of the molecule is CC(=O)c1ccc(C)cc1-c1ccc(C=O)o1. The van der Waals surface area contributed by atoms with Gasteiger partial charge in [-0.2, -0.15) is 0 Å². The summed E-state index contributed by atoms with van der Waals surface area (Å²) in [5.74, 6) is 0.779. The van der Waals surface area contributed by atoms with Crippen LogP contribution in [-0.4, -0.2) is 12.1 Å². The van der Waals surface area contributed by atoms with Crippen molar-refractivity contribution in [2.75, 3.05) is 0 Å². The summed E-state index contributed by atoms with van der Waals surface area (Å²) in [5, 5.41) is 0. The highest BCUT2D eigenvalue weighted by Gasteiger charge is 2.12. The van der Waals surface area contributed by atoms with Crippen molar-refractivity contribution in [2.24, 2.45) is 0 Å². The molecule has 0 radical (unpaired) electrons. The molecule has 0 aliphatic rings. The molecule has 0 aliphatic heterocycles. The van der Waals surface area contributed by atoms with Crippen LogP contribution in [0.3, 0.4) is 0 Å². The maximum Gasteiger partial charge on any atom is 0.185 e. The van der Waals surface area contributed by atoms with Gasteiger partial charge in [-0.05, 0) is 32.0 Å². The summed E-state index contributed by atoms with van der Waals surface area (Å²) < 4.78 is 5.34. The van der Waals surface area contributed by atoms with Crippen LogP contribution in [0.15, 0.2) is 34.7 Å². The zero-order chi connectivity index (χ0) is 12.4. The van der Waals surface area contributed by atoms with Crippen LogP contribution >= 0.6 is 0 Å². The van der Waals surface area contributed by atoms with Gasteiger partial charge in [0.1, 0.15) is 5.76 Å². The normalized spacial score (nSPS) is 10.2. The first-order chi connectivity index (χ1) is 8.11. The molecule has 3 nitrogen and oxygen atoms in total. The van der Waals surface area contributed by atoms with E-state index in [2.05, 4.69) is 0 Å². The van der Waals surface area contributed by atoms with E-state index in [-0.39, 0.29) is 11.5 Å². The van der Waals surface area contributed by atoms with Crippen LogP contribution in [-0.2, 0) is 0 Å². The van der Waals surface area contributed by atoms with Gasteiger partial charge in [-0.3, -0.25) is 9.59 Å². The number of carbonyl (C=O) groups is 2. The number of aldehydes is 1. The Morgan fingerprint density at radius 2 is 2.00 bits per heavy atom. The number of ketones is 1. The summed E-state index contributed by atoms with van der Waals surface area (Å²) in [5.41, 5.74) is 2.36. The molecule has 0 spiro atoms. The Hall–Kier alpha value is -2.16. The second-order valence-corrected chi connectivity index (χ2v) is 3.93. The standard InChI is InChI=1S/C14H12O3/c1-9-3-5-12(10(2)16)13(7-9)14-6-4-11(8-15)17-14/h3-8H,1-2H3. The number of furan rings is 1. The van der Waals surface area contributed by atoms with Crippen LogP contribution in [0.5, 0.6) is 0 Å². The molecule has 86 valence electrons. The van der Waals surface area contributed by atoms with Crippen LogP contribution < -0.4 is 0 Å². The lowest BCUT2D eigenvalue weighted by Gasteiger charge is -2.05. The van der Waals surface area contributed by atoms with Gasteiger partial charge in [0.05, 0.1) is 0 Å². The average molecular weight is 228 g/mol. The zero-order valence-corrected chi connectivity index (χ0v) is 9.69. The van der Waals surface area contributed by atoms with E-state index in [1.165, 1.54) is 6.92 Å². The molecule has 3 heteroatoms. The van der Waals surface area contributed by atoms with Crippen LogP contribution in [0.4, 0.5) is 0 Å². The fourth-order valence-electron chi connectivity index (χ4n) is 1.73. The van der Waals surface area contributed by atoms with Crippen molar-refractivity contribution in [1.82, 2.24) is 0 Å². The molecule has 0 unspecified atom stereocenters. The minimum Gasteiger partial charge on any atom is -0.453 e. The molecule has 0 saturated carbocycles. The summed E-state index contributed by atoms with van der Waals surface area (Å²) in [7, 11) is 0. The third-order valence-electron chi connectivity index (χ3n) is 2.56. The van der Waals surface area contributed by atoms with E-state index in [1.807, 2.05) is 19.1 Å². The first-order valence-electron chi connectivity index (χ1n) is 5.29. The fourth-order valence-corrected chi connectivity index (χ4v) is 1.73. The van der Waals surface area contributed by atoms with E-state index >= 15 is 0 Å². The average Bonchev–Trinajstić information content (AvgIpc) is 2.76. The number of benzene rings is 1. The van der Waals surface area contributed by atoms with Crippen molar-refractivity contribution < 1.29 is 14.0 Å². The van der Waals surface area contributed by atoms with Crippen molar-refractivity contribution in [3.8, 4) is 11.3 Å². The van der Waals surface area contributed by atoms with Gasteiger partial charge in [-0.1, -0.05) is 17.7 Å². The lowest BCUT2D eigenvalue weighted by atomic mass is 10.00. The number of Topliss-reactive ketones (excluding diaryl/α,β-unsaturated/α-hetero) is 1. The van der Waals surface area contributed by atoms with Gasteiger partial charge in [-0.15, -0.1) is 0 Å². The Kier molecular flexibility index (Phi) is 2.91. The number of hydrogen-bond donors (Lipinski definition) is 0. The molecule has 0 N–H and O–H groups in total. The van der Waals surface area contributed by atoms with Gasteiger partial charge in [0.2, 0.25) is 0 Å². The fraction of sp³-hybridized carbons (Fsp3) is 0.143. The summed E-state index contributed by atoms with van der Waals surface area (Å²) in [6, 6.07) is 8.82. The van der Waals surface area contributed by atoms with Crippen LogP contribution in [0.1, 0.15) is 33.4 Å². The van der Waals surface area contributed by atoms with Crippen molar-refractivity contribution >= 4 is 12.1 Å². The highest BCUT2D eigenvalue weighted by Crippen LogP contribution is 2.27. The quantitative estimate of drug-likeness (QED) is 0.598. The van der Waals surface area contributed by atoms with Crippen molar-refractivity contribution in [2.45, 2.75) is 13.8 Å². The lowest BCUT2D eigenvalue weighted by molar-refractivity contribution is 0.101. The Morgan fingerprint density at radius 1 is 1.24 bits per heavy atom. The predicted molar refractivity (Wildman–Crippen MR) is 64.3 cm³/mol. The maximum atomic E-state index is 11.5. The van der Waals surface area contributed by atoms with Crippen molar-refractivity contribution in [3.63, 3.8) is 0 Å². The topological polar surface area (TPSA) is 47.3 Å². The highest BCUT2D eigenvalue weighted by molar-refractivity contribution is 6.00.